The Labute approximate surface area is 143 Å². The lowest BCUT2D eigenvalue weighted by Gasteiger charge is -2.17. The van der Waals surface area contributed by atoms with Crippen molar-refractivity contribution < 1.29 is 18.4 Å². The van der Waals surface area contributed by atoms with Crippen molar-refractivity contribution in [2.75, 3.05) is 18.0 Å². The van der Waals surface area contributed by atoms with Crippen molar-refractivity contribution in [3.63, 3.8) is 0 Å². The summed E-state index contributed by atoms with van der Waals surface area (Å²) in [6, 6.07) is 8.47. The zero-order valence-electron chi connectivity index (χ0n) is 13.4. The highest BCUT2D eigenvalue weighted by atomic mass is 19.1. The fourth-order valence-electron chi connectivity index (χ4n) is 2.83. The SMILES string of the molecule is O=C(NCCc1ccccn1)C1CC(=O)N(c2cc(F)cc(F)c2)C1. The van der Waals surface area contributed by atoms with Gasteiger partial charge in [-0.1, -0.05) is 6.07 Å². The second-order valence-corrected chi connectivity index (χ2v) is 5.90. The summed E-state index contributed by atoms with van der Waals surface area (Å²) in [6.45, 7) is 0.520. The minimum absolute atomic E-state index is 0.0214. The maximum absolute atomic E-state index is 13.3. The number of nitrogens with one attached hydrogen (secondary N) is 1. The van der Waals surface area contributed by atoms with Gasteiger partial charge in [-0.05, 0) is 24.3 Å². The lowest BCUT2D eigenvalue weighted by molar-refractivity contribution is -0.126. The van der Waals surface area contributed by atoms with Crippen molar-refractivity contribution in [1.82, 2.24) is 10.3 Å². The Kier molecular flexibility index (Phi) is 5.02. The zero-order valence-corrected chi connectivity index (χ0v) is 13.4. The Balaban J connectivity index is 1.57. The van der Waals surface area contributed by atoms with Crippen molar-refractivity contribution in [3.8, 4) is 0 Å². The Morgan fingerprint density at radius 3 is 2.68 bits per heavy atom. The molecule has 130 valence electrons. The quantitative estimate of drug-likeness (QED) is 0.902. The van der Waals surface area contributed by atoms with E-state index in [1.165, 1.54) is 4.90 Å². The number of anilines is 1. The van der Waals surface area contributed by atoms with Gasteiger partial charge < -0.3 is 10.2 Å². The normalized spacial score (nSPS) is 17.0. The van der Waals surface area contributed by atoms with Crippen LogP contribution in [0.3, 0.4) is 0 Å². The molecule has 1 aromatic heterocycles. The number of aromatic nitrogens is 1. The first-order valence-corrected chi connectivity index (χ1v) is 7.97. The van der Waals surface area contributed by atoms with E-state index in [0.717, 1.165) is 23.9 Å². The standard InChI is InChI=1S/C18H17F2N3O2/c19-13-8-14(20)10-16(9-13)23-11-12(7-17(23)24)18(25)22-6-4-15-3-1-2-5-21-15/h1-3,5,8-10,12H,4,6-7,11H2,(H,22,25). The molecule has 1 aromatic carbocycles. The van der Waals surface area contributed by atoms with E-state index in [2.05, 4.69) is 10.3 Å². The predicted octanol–water partition coefficient (Wildman–Crippen LogP) is 2.07. The van der Waals surface area contributed by atoms with Gasteiger partial charge in [0.05, 0.1) is 5.92 Å². The van der Waals surface area contributed by atoms with Gasteiger partial charge in [0.25, 0.3) is 0 Å². The molecule has 1 unspecified atom stereocenters. The van der Waals surface area contributed by atoms with E-state index >= 15 is 0 Å². The van der Waals surface area contributed by atoms with Crippen molar-refractivity contribution >= 4 is 17.5 Å². The average molecular weight is 345 g/mol. The lowest BCUT2D eigenvalue weighted by Crippen LogP contribution is -2.34. The van der Waals surface area contributed by atoms with Gasteiger partial charge in [0.15, 0.2) is 0 Å². The molecule has 1 fully saturated rings. The minimum atomic E-state index is -0.758. The number of hydrogen-bond acceptors (Lipinski definition) is 3. The molecular weight excluding hydrogens is 328 g/mol. The van der Waals surface area contributed by atoms with Crippen molar-refractivity contribution in [3.05, 3.63) is 59.9 Å². The molecule has 2 heterocycles. The third-order valence-electron chi connectivity index (χ3n) is 4.06. The fourth-order valence-corrected chi connectivity index (χ4v) is 2.83. The summed E-state index contributed by atoms with van der Waals surface area (Å²) in [7, 11) is 0. The summed E-state index contributed by atoms with van der Waals surface area (Å²) in [6.07, 6.45) is 2.29. The maximum atomic E-state index is 13.3. The number of carbonyl (C=O) groups excluding carboxylic acids is 2. The molecule has 25 heavy (non-hydrogen) atoms. The summed E-state index contributed by atoms with van der Waals surface area (Å²) >= 11 is 0. The van der Waals surface area contributed by atoms with Gasteiger partial charge in [0.1, 0.15) is 11.6 Å². The molecule has 1 aliphatic heterocycles. The largest absolute Gasteiger partial charge is 0.355 e. The lowest BCUT2D eigenvalue weighted by atomic mass is 10.1. The molecule has 7 heteroatoms. The number of hydrogen-bond donors (Lipinski definition) is 1. The van der Waals surface area contributed by atoms with Crippen LogP contribution in [0.2, 0.25) is 0 Å². The topological polar surface area (TPSA) is 62.3 Å². The highest BCUT2D eigenvalue weighted by Crippen LogP contribution is 2.26. The van der Waals surface area contributed by atoms with E-state index in [1.54, 1.807) is 6.20 Å². The molecular formula is C18H17F2N3O2. The van der Waals surface area contributed by atoms with E-state index in [1.807, 2.05) is 18.2 Å². The van der Waals surface area contributed by atoms with E-state index in [0.29, 0.717) is 13.0 Å². The molecule has 0 bridgehead atoms. The average Bonchev–Trinajstić information content (AvgIpc) is 2.97. The van der Waals surface area contributed by atoms with Gasteiger partial charge >= 0.3 is 0 Å². The van der Waals surface area contributed by atoms with Gasteiger partial charge in [-0.3, -0.25) is 14.6 Å². The molecule has 2 aromatic rings. The first kappa shape index (κ1) is 17.0. The number of rotatable bonds is 5. The number of nitrogens with zero attached hydrogens (tertiary/aromatic N) is 2. The predicted molar refractivity (Wildman–Crippen MR) is 87.8 cm³/mol. The zero-order chi connectivity index (χ0) is 17.8. The highest BCUT2D eigenvalue weighted by molar-refractivity contribution is 6.00. The van der Waals surface area contributed by atoms with Crippen LogP contribution in [0, 0.1) is 17.6 Å². The van der Waals surface area contributed by atoms with Crippen LogP contribution in [-0.4, -0.2) is 29.9 Å². The molecule has 0 aliphatic carbocycles. The minimum Gasteiger partial charge on any atom is -0.355 e. The van der Waals surface area contributed by atoms with Crippen LogP contribution in [0.25, 0.3) is 0 Å². The molecule has 0 radical (unpaired) electrons. The number of pyridine rings is 1. The number of carbonyl (C=O) groups is 2. The molecule has 1 aliphatic rings. The van der Waals surface area contributed by atoms with Crippen LogP contribution >= 0.6 is 0 Å². The molecule has 2 amide bonds. The summed E-state index contributed by atoms with van der Waals surface area (Å²) in [5, 5.41) is 2.78. The fraction of sp³-hybridized carbons (Fsp3) is 0.278. The van der Waals surface area contributed by atoms with E-state index in [9.17, 15) is 18.4 Å². The van der Waals surface area contributed by atoms with E-state index in [-0.39, 0.29) is 30.5 Å². The van der Waals surface area contributed by atoms with Crippen molar-refractivity contribution in [2.24, 2.45) is 5.92 Å². The van der Waals surface area contributed by atoms with Crippen LogP contribution in [0.5, 0.6) is 0 Å². The second kappa shape index (κ2) is 7.38. The number of benzene rings is 1. The molecule has 0 spiro atoms. The third kappa shape index (κ3) is 4.17. The first-order chi connectivity index (χ1) is 12.0. The van der Waals surface area contributed by atoms with Gasteiger partial charge in [-0.25, -0.2) is 8.78 Å². The summed E-state index contributed by atoms with van der Waals surface area (Å²) in [5.74, 6) is -2.63. The molecule has 3 rings (SSSR count). The van der Waals surface area contributed by atoms with Gasteiger partial charge in [-0.15, -0.1) is 0 Å². The van der Waals surface area contributed by atoms with Crippen LogP contribution in [0.1, 0.15) is 12.1 Å². The Morgan fingerprint density at radius 1 is 1.24 bits per heavy atom. The second-order valence-electron chi connectivity index (χ2n) is 5.90. The highest BCUT2D eigenvalue weighted by Gasteiger charge is 2.35. The molecule has 1 N–H and O–H groups in total. The van der Waals surface area contributed by atoms with Crippen LogP contribution < -0.4 is 10.2 Å². The van der Waals surface area contributed by atoms with Crippen LogP contribution in [-0.2, 0) is 16.0 Å². The Bertz CT molecular complexity index is 763. The third-order valence-corrected chi connectivity index (χ3v) is 4.06. The maximum Gasteiger partial charge on any atom is 0.227 e. The Hall–Kier alpha value is -2.83. The molecule has 1 saturated heterocycles. The van der Waals surface area contributed by atoms with Gasteiger partial charge in [0.2, 0.25) is 11.8 Å². The molecule has 1 atom stereocenters. The van der Waals surface area contributed by atoms with Crippen molar-refractivity contribution in [2.45, 2.75) is 12.8 Å². The number of halogens is 2. The Morgan fingerprint density at radius 2 is 2.00 bits per heavy atom. The number of amides is 2. The summed E-state index contributed by atoms with van der Waals surface area (Å²) in [4.78, 5) is 29.7. The van der Waals surface area contributed by atoms with Crippen molar-refractivity contribution in [1.29, 1.82) is 0 Å². The molecule has 0 saturated carbocycles. The smallest absolute Gasteiger partial charge is 0.227 e. The summed E-state index contributed by atoms with van der Waals surface area (Å²) < 4.78 is 26.7. The summed E-state index contributed by atoms with van der Waals surface area (Å²) in [5.41, 5.74) is 0.994. The van der Waals surface area contributed by atoms with Gasteiger partial charge in [-0.2, -0.15) is 0 Å². The van der Waals surface area contributed by atoms with Crippen LogP contribution in [0.4, 0.5) is 14.5 Å². The molecule has 5 nitrogen and oxygen atoms in total. The first-order valence-electron chi connectivity index (χ1n) is 7.97. The van der Waals surface area contributed by atoms with Gasteiger partial charge in [0, 0.05) is 49.6 Å². The van der Waals surface area contributed by atoms with E-state index in [4.69, 9.17) is 0 Å². The monoisotopic (exact) mass is 345 g/mol. The van der Waals surface area contributed by atoms with E-state index < -0.39 is 17.6 Å². The van der Waals surface area contributed by atoms with Crippen LogP contribution in [0.15, 0.2) is 42.6 Å².